The van der Waals surface area contributed by atoms with Crippen molar-refractivity contribution in [2.75, 3.05) is 33.2 Å². The maximum Gasteiger partial charge on any atom is 0.191 e. The Kier molecular flexibility index (Phi) is 8.69. The van der Waals surface area contributed by atoms with E-state index in [2.05, 4.69) is 71.1 Å². The zero-order valence-corrected chi connectivity index (χ0v) is 15.7. The van der Waals surface area contributed by atoms with Crippen molar-refractivity contribution >= 4 is 5.96 Å². The SMILES string of the molecule is CCNC(=NCCCn1nc(C)cc1C)NCCN(C)C(C)C. The van der Waals surface area contributed by atoms with E-state index in [1.165, 1.54) is 5.69 Å². The summed E-state index contributed by atoms with van der Waals surface area (Å²) in [5.41, 5.74) is 2.29. The highest BCUT2D eigenvalue weighted by Gasteiger charge is 2.03. The Morgan fingerprint density at radius 3 is 2.65 bits per heavy atom. The molecule has 0 aliphatic rings. The second kappa shape index (κ2) is 10.3. The summed E-state index contributed by atoms with van der Waals surface area (Å²) in [4.78, 5) is 6.96. The van der Waals surface area contributed by atoms with Gasteiger partial charge < -0.3 is 15.5 Å². The maximum atomic E-state index is 4.64. The van der Waals surface area contributed by atoms with Crippen LogP contribution < -0.4 is 10.6 Å². The van der Waals surface area contributed by atoms with Crippen LogP contribution in [0.1, 0.15) is 38.6 Å². The fourth-order valence-electron chi connectivity index (χ4n) is 2.26. The smallest absolute Gasteiger partial charge is 0.191 e. The Labute approximate surface area is 141 Å². The van der Waals surface area contributed by atoms with E-state index in [1.807, 2.05) is 6.92 Å². The summed E-state index contributed by atoms with van der Waals surface area (Å²) in [5.74, 6) is 0.901. The normalized spacial score (nSPS) is 12.3. The number of rotatable bonds is 9. The number of hydrogen-bond donors (Lipinski definition) is 2. The highest BCUT2D eigenvalue weighted by molar-refractivity contribution is 5.79. The molecule has 0 aliphatic carbocycles. The van der Waals surface area contributed by atoms with Crippen LogP contribution in [0.4, 0.5) is 0 Å². The van der Waals surface area contributed by atoms with E-state index in [1.54, 1.807) is 0 Å². The maximum absolute atomic E-state index is 4.64. The van der Waals surface area contributed by atoms with Crippen molar-refractivity contribution in [2.24, 2.45) is 4.99 Å². The first kappa shape index (κ1) is 19.5. The molecule has 0 unspecified atom stereocenters. The number of aromatic nitrogens is 2. The van der Waals surface area contributed by atoms with Gasteiger partial charge in [0.1, 0.15) is 0 Å². The summed E-state index contributed by atoms with van der Waals surface area (Å²) in [7, 11) is 2.14. The fourth-order valence-corrected chi connectivity index (χ4v) is 2.26. The average Bonchev–Trinajstić information content (AvgIpc) is 2.81. The van der Waals surface area contributed by atoms with Crippen molar-refractivity contribution < 1.29 is 0 Å². The van der Waals surface area contributed by atoms with Crippen molar-refractivity contribution in [1.82, 2.24) is 25.3 Å². The standard InChI is InChI=1S/C17H34N6/c1-7-18-17(20-10-12-22(6)14(2)3)19-9-8-11-23-16(5)13-15(4)21-23/h13-14H,7-12H2,1-6H3,(H2,18,19,20). The second-order valence-corrected chi connectivity index (χ2v) is 6.27. The lowest BCUT2D eigenvalue weighted by Gasteiger charge is -2.21. The largest absolute Gasteiger partial charge is 0.357 e. The summed E-state index contributed by atoms with van der Waals surface area (Å²) < 4.78 is 2.06. The van der Waals surface area contributed by atoms with Crippen LogP contribution >= 0.6 is 0 Å². The molecule has 0 spiro atoms. The molecule has 0 fully saturated rings. The highest BCUT2D eigenvalue weighted by atomic mass is 15.3. The first-order valence-corrected chi connectivity index (χ1v) is 8.67. The van der Waals surface area contributed by atoms with Gasteiger partial charge in [0, 0.05) is 44.5 Å². The third-order valence-electron chi connectivity index (χ3n) is 3.88. The van der Waals surface area contributed by atoms with Crippen molar-refractivity contribution in [3.63, 3.8) is 0 Å². The predicted octanol–water partition coefficient (Wildman–Crippen LogP) is 1.79. The summed E-state index contributed by atoms with van der Waals surface area (Å²) in [6, 6.07) is 2.68. The quantitative estimate of drug-likeness (QED) is 0.413. The molecule has 0 bridgehead atoms. The first-order valence-electron chi connectivity index (χ1n) is 8.67. The molecule has 132 valence electrons. The lowest BCUT2D eigenvalue weighted by Crippen LogP contribution is -2.42. The van der Waals surface area contributed by atoms with Gasteiger partial charge in [-0.2, -0.15) is 5.10 Å². The molecule has 0 saturated heterocycles. The van der Waals surface area contributed by atoms with Crippen molar-refractivity contribution in [1.29, 1.82) is 0 Å². The molecule has 1 heterocycles. The van der Waals surface area contributed by atoms with Crippen LogP contribution in [-0.4, -0.2) is 59.9 Å². The third-order valence-corrected chi connectivity index (χ3v) is 3.88. The van der Waals surface area contributed by atoms with E-state index in [0.717, 1.165) is 50.8 Å². The van der Waals surface area contributed by atoms with Gasteiger partial charge in [0.15, 0.2) is 5.96 Å². The van der Waals surface area contributed by atoms with Crippen LogP contribution in [0.15, 0.2) is 11.1 Å². The Morgan fingerprint density at radius 1 is 1.35 bits per heavy atom. The Morgan fingerprint density at radius 2 is 2.09 bits per heavy atom. The van der Waals surface area contributed by atoms with Gasteiger partial charge in [-0.3, -0.25) is 9.67 Å². The molecule has 6 heteroatoms. The molecular weight excluding hydrogens is 288 g/mol. The Hall–Kier alpha value is -1.56. The predicted molar refractivity (Wildman–Crippen MR) is 98.1 cm³/mol. The van der Waals surface area contributed by atoms with Gasteiger partial charge in [-0.15, -0.1) is 0 Å². The molecule has 2 N–H and O–H groups in total. The molecule has 0 aliphatic heterocycles. The van der Waals surface area contributed by atoms with Crippen molar-refractivity contribution in [2.45, 2.75) is 53.6 Å². The molecule has 6 nitrogen and oxygen atoms in total. The topological polar surface area (TPSA) is 57.5 Å². The van der Waals surface area contributed by atoms with Crippen LogP contribution in [0.5, 0.6) is 0 Å². The van der Waals surface area contributed by atoms with Crippen LogP contribution in [0, 0.1) is 13.8 Å². The minimum Gasteiger partial charge on any atom is -0.357 e. The number of nitrogens with zero attached hydrogens (tertiary/aromatic N) is 4. The van der Waals surface area contributed by atoms with Gasteiger partial charge in [-0.05, 0) is 54.2 Å². The van der Waals surface area contributed by atoms with E-state index < -0.39 is 0 Å². The summed E-state index contributed by atoms with van der Waals surface area (Å²) >= 11 is 0. The minimum atomic E-state index is 0.567. The van der Waals surface area contributed by atoms with Crippen LogP contribution in [0.2, 0.25) is 0 Å². The monoisotopic (exact) mass is 322 g/mol. The molecular formula is C17H34N6. The van der Waals surface area contributed by atoms with Gasteiger partial charge in [-0.1, -0.05) is 0 Å². The zero-order chi connectivity index (χ0) is 17.2. The number of nitrogens with one attached hydrogen (secondary N) is 2. The van der Waals surface area contributed by atoms with Crippen LogP contribution in [0.3, 0.4) is 0 Å². The number of likely N-dealkylation sites (N-methyl/N-ethyl adjacent to an activating group) is 1. The third kappa shape index (κ3) is 7.50. The molecule has 0 aromatic carbocycles. The van der Waals surface area contributed by atoms with Crippen molar-refractivity contribution in [3.05, 3.63) is 17.5 Å². The number of guanidine groups is 1. The summed E-state index contributed by atoms with van der Waals surface area (Å²) in [5, 5.41) is 11.2. The first-order chi connectivity index (χ1) is 10.9. The molecule has 0 amide bonds. The van der Waals surface area contributed by atoms with Crippen LogP contribution in [-0.2, 0) is 6.54 Å². The van der Waals surface area contributed by atoms with Gasteiger partial charge in [0.05, 0.1) is 5.69 Å². The minimum absolute atomic E-state index is 0.567. The Balaban J connectivity index is 2.35. The molecule has 23 heavy (non-hydrogen) atoms. The molecule has 1 aromatic heterocycles. The number of aliphatic imine (C=N–C) groups is 1. The van der Waals surface area contributed by atoms with E-state index in [-0.39, 0.29) is 0 Å². The molecule has 1 rings (SSSR count). The molecule has 0 saturated carbocycles. The van der Waals surface area contributed by atoms with Crippen molar-refractivity contribution in [3.8, 4) is 0 Å². The lowest BCUT2D eigenvalue weighted by molar-refractivity contribution is 0.278. The van der Waals surface area contributed by atoms with Crippen LogP contribution in [0.25, 0.3) is 0 Å². The van der Waals surface area contributed by atoms with E-state index in [4.69, 9.17) is 0 Å². The summed E-state index contributed by atoms with van der Waals surface area (Å²) in [6.07, 6.45) is 0.991. The zero-order valence-electron chi connectivity index (χ0n) is 15.7. The Bertz CT molecular complexity index is 477. The fraction of sp³-hybridized carbons (Fsp3) is 0.765. The number of hydrogen-bond acceptors (Lipinski definition) is 3. The molecule has 0 atom stereocenters. The number of aryl methyl sites for hydroxylation is 3. The van der Waals surface area contributed by atoms with E-state index >= 15 is 0 Å². The molecule has 1 aromatic rings. The van der Waals surface area contributed by atoms with Gasteiger partial charge in [0.2, 0.25) is 0 Å². The average molecular weight is 323 g/mol. The molecule has 0 radical (unpaired) electrons. The second-order valence-electron chi connectivity index (χ2n) is 6.27. The van der Waals surface area contributed by atoms with Gasteiger partial charge in [-0.25, -0.2) is 0 Å². The van der Waals surface area contributed by atoms with Gasteiger partial charge in [0.25, 0.3) is 0 Å². The van der Waals surface area contributed by atoms with E-state index in [9.17, 15) is 0 Å². The van der Waals surface area contributed by atoms with E-state index in [0.29, 0.717) is 6.04 Å². The lowest BCUT2D eigenvalue weighted by atomic mass is 10.3. The summed E-state index contributed by atoms with van der Waals surface area (Å²) in [6.45, 7) is 15.1. The highest BCUT2D eigenvalue weighted by Crippen LogP contribution is 2.02. The van der Waals surface area contributed by atoms with Gasteiger partial charge >= 0.3 is 0 Å².